The van der Waals surface area contributed by atoms with Gasteiger partial charge in [-0.2, -0.15) is 5.14 Å². The predicted molar refractivity (Wildman–Crippen MR) is 83.6 cm³/mol. The number of hydrogen-bond donors (Lipinski definition) is 1. The SMILES string of the molecule is Cn1cc(-c2ccc(CCCC(C)(C)[S+](N)[O-])cn2)nn1. The van der Waals surface area contributed by atoms with E-state index in [-0.39, 0.29) is 4.75 Å². The summed E-state index contributed by atoms with van der Waals surface area (Å²) >= 11 is -1.29. The Morgan fingerprint density at radius 1 is 1.33 bits per heavy atom. The Labute approximate surface area is 128 Å². The van der Waals surface area contributed by atoms with E-state index in [4.69, 9.17) is 5.14 Å². The maximum absolute atomic E-state index is 11.4. The summed E-state index contributed by atoms with van der Waals surface area (Å²) in [4.78, 5) is 4.41. The molecule has 0 aromatic carbocycles. The first-order chi connectivity index (χ1) is 9.88. The number of pyridine rings is 1. The molecule has 0 saturated carbocycles. The molecule has 2 aromatic rings. The molecule has 6 nitrogen and oxygen atoms in total. The molecule has 21 heavy (non-hydrogen) atoms. The molecule has 0 radical (unpaired) electrons. The molecule has 1 atom stereocenters. The molecule has 0 saturated heterocycles. The van der Waals surface area contributed by atoms with Crippen molar-refractivity contribution in [2.45, 2.75) is 37.9 Å². The van der Waals surface area contributed by atoms with Crippen molar-refractivity contribution in [1.29, 1.82) is 0 Å². The molecule has 2 rings (SSSR count). The number of nitrogens with two attached hydrogens (primary N) is 1. The minimum atomic E-state index is -1.29. The first-order valence-corrected chi connectivity index (χ1v) is 8.08. The molecule has 0 fully saturated rings. The number of rotatable bonds is 6. The van der Waals surface area contributed by atoms with Gasteiger partial charge in [0.05, 0.1) is 11.9 Å². The van der Waals surface area contributed by atoms with Gasteiger partial charge < -0.3 is 4.55 Å². The lowest BCUT2D eigenvalue weighted by Crippen LogP contribution is -2.37. The first kappa shape index (κ1) is 15.9. The highest BCUT2D eigenvalue weighted by molar-refractivity contribution is 7.90. The number of nitrogens with zero attached hydrogens (tertiary/aromatic N) is 4. The van der Waals surface area contributed by atoms with Crippen LogP contribution in [0.15, 0.2) is 24.5 Å². The molecule has 2 N–H and O–H groups in total. The Morgan fingerprint density at radius 3 is 2.62 bits per heavy atom. The average Bonchev–Trinajstić information content (AvgIpc) is 2.86. The molecular weight excluding hydrogens is 286 g/mol. The van der Waals surface area contributed by atoms with Crippen LogP contribution >= 0.6 is 0 Å². The van der Waals surface area contributed by atoms with Crippen LogP contribution in [0.3, 0.4) is 0 Å². The maximum Gasteiger partial charge on any atom is 0.139 e. The highest BCUT2D eigenvalue weighted by Gasteiger charge is 2.28. The van der Waals surface area contributed by atoms with E-state index < -0.39 is 11.4 Å². The van der Waals surface area contributed by atoms with E-state index in [0.29, 0.717) is 0 Å². The van der Waals surface area contributed by atoms with Gasteiger partial charge >= 0.3 is 0 Å². The van der Waals surface area contributed by atoms with Crippen molar-refractivity contribution in [3.8, 4) is 11.4 Å². The fraction of sp³-hybridized carbons (Fsp3) is 0.500. The van der Waals surface area contributed by atoms with Gasteiger partial charge in [0.1, 0.15) is 10.4 Å². The monoisotopic (exact) mass is 307 g/mol. The molecule has 1 unspecified atom stereocenters. The Hall–Kier alpha value is -1.44. The van der Waals surface area contributed by atoms with Gasteiger partial charge in [-0.15, -0.1) is 5.10 Å². The number of aryl methyl sites for hydroxylation is 2. The van der Waals surface area contributed by atoms with Crippen LogP contribution in [0.2, 0.25) is 0 Å². The third-order valence-electron chi connectivity index (χ3n) is 3.48. The van der Waals surface area contributed by atoms with Gasteiger partial charge in [0, 0.05) is 24.6 Å². The van der Waals surface area contributed by atoms with E-state index in [1.807, 2.05) is 45.4 Å². The van der Waals surface area contributed by atoms with E-state index in [0.717, 1.165) is 36.2 Å². The highest BCUT2D eigenvalue weighted by atomic mass is 32.2. The van der Waals surface area contributed by atoms with Crippen molar-refractivity contribution in [3.05, 3.63) is 30.1 Å². The maximum atomic E-state index is 11.4. The van der Waals surface area contributed by atoms with Crippen molar-refractivity contribution in [3.63, 3.8) is 0 Å². The number of hydrogen-bond acceptors (Lipinski definition) is 5. The third kappa shape index (κ3) is 4.26. The molecule has 0 aliphatic rings. The van der Waals surface area contributed by atoms with Crippen molar-refractivity contribution < 1.29 is 4.55 Å². The first-order valence-electron chi connectivity index (χ1n) is 6.86. The second-order valence-corrected chi connectivity index (χ2v) is 7.44. The van der Waals surface area contributed by atoms with Gasteiger partial charge in [0.15, 0.2) is 0 Å². The van der Waals surface area contributed by atoms with Crippen LogP contribution in [0.25, 0.3) is 11.4 Å². The molecule has 0 aliphatic heterocycles. The fourth-order valence-corrected chi connectivity index (χ4v) is 2.35. The molecular formula is C14H21N5OS. The number of aromatic nitrogens is 4. The summed E-state index contributed by atoms with van der Waals surface area (Å²) in [5.41, 5.74) is 2.74. The van der Waals surface area contributed by atoms with Gasteiger partial charge in [0.2, 0.25) is 0 Å². The summed E-state index contributed by atoms with van der Waals surface area (Å²) in [6, 6.07) is 4.00. The minimum Gasteiger partial charge on any atom is -0.598 e. The van der Waals surface area contributed by atoms with E-state index in [9.17, 15) is 4.55 Å². The molecule has 114 valence electrons. The summed E-state index contributed by atoms with van der Waals surface area (Å²) in [6.07, 6.45) is 6.34. The Balaban J connectivity index is 1.91. The lowest BCUT2D eigenvalue weighted by atomic mass is 10.0. The molecule has 0 aliphatic carbocycles. The standard InChI is InChI=1S/C14H21N5OS/c1-14(2,21(15)20)8-4-5-11-6-7-12(16-9-11)13-10-19(3)18-17-13/h6-7,9-10H,4-5,8,15H2,1-3H3. The van der Waals surface area contributed by atoms with Crippen LogP contribution in [0.4, 0.5) is 0 Å². The van der Waals surface area contributed by atoms with E-state index in [1.54, 1.807) is 4.68 Å². The minimum absolute atomic E-state index is 0.340. The van der Waals surface area contributed by atoms with Gasteiger partial charge in [-0.1, -0.05) is 11.3 Å². The predicted octanol–water partition coefficient (Wildman–Crippen LogP) is 1.60. The normalized spacial score (nSPS) is 13.4. The summed E-state index contributed by atoms with van der Waals surface area (Å²) in [6.45, 7) is 3.86. The zero-order chi connectivity index (χ0) is 15.5. The zero-order valence-corrected chi connectivity index (χ0v) is 13.4. The summed E-state index contributed by atoms with van der Waals surface area (Å²) in [5.74, 6) is 0. The van der Waals surface area contributed by atoms with Crippen LogP contribution in [0.5, 0.6) is 0 Å². The largest absolute Gasteiger partial charge is 0.598 e. The molecule has 0 amide bonds. The second kappa shape index (κ2) is 6.55. The molecule has 0 bridgehead atoms. The van der Waals surface area contributed by atoms with Crippen molar-refractivity contribution >= 4 is 11.4 Å². The van der Waals surface area contributed by atoms with Gasteiger partial charge in [-0.3, -0.25) is 9.67 Å². The van der Waals surface area contributed by atoms with Gasteiger partial charge in [-0.25, -0.2) is 0 Å². The van der Waals surface area contributed by atoms with E-state index in [2.05, 4.69) is 15.3 Å². The van der Waals surface area contributed by atoms with Crippen LogP contribution < -0.4 is 5.14 Å². The second-order valence-electron chi connectivity index (χ2n) is 5.74. The van der Waals surface area contributed by atoms with Crippen molar-refractivity contribution in [1.82, 2.24) is 20.0 Å². The Bertz CT molecular complexity index is 579. The summed E-state index contributed by atoms with van der Waals surface area (Å²) < 4.78 is 12.7. The average molecular weight is 307 g/mol. The summed E-state index contributed by atoms with van der Waals surface area (Å²) in [7, 11) is 1.83. The Kier molecular flexibility index (Phi) is 4.97. The van der Waals surface area contributed by atoms with Crippen molar-refractivity contribution in [2.24, 2.45) is 12.2 Å². The van der Waals surface area contributed by atoms with Crippen molar-refractivity contribution in [2.75, 3.05) is 0 Å². The van der Waals surface area contributed by atoms with E-state index in [1.165, 1.54) is 0 Å². The third-order valence-corrected chi connectivity index (χ3v) is 4.77. The lowest BCUT2D eigenvalue weighted by molar-refractivity contribution is 0.516. The fourth-order valence-electron chi connectivity index (χ4n) is 2.01. The molecule has 2 aromatic heterocycles. The van der Waals surface area contributed by atoms with Crippen LogP contribution in [0, 0.1) is 0 Å². The highest BCUT2D eigenvalue weighted by Crippen LogP contribution is 2.21. The quantitative estimate of drug-likeness (QED) is 0.818. The topological polar surface area (TPSA) is 92.7 Å². The van der Waals surface area contributed by atoms with Crippen LogP contribution in [0.1, 0.15) is 32.3 Å². The van der Waals surface area contributed by atoms with Crippen LogP contribution in [-0.2, 0) is 24.8 Å². The molecule has 2 heterocycles. The zero-order valence-electron chi connectivity index (χ0n) is 12.6. The van der Waals surface area contributed by atoms with Gasteiger partial charge in [0.25, 0.3) is 0 Å². The summed E-state index contributed by atoms with van der Waals surface area (Å²) in [5, 5.41) is 13.4. The lowest BCUT2D eigenvalue weighted by Gasteiger charge is -2.23. The smallest absolute Gasteiger partial charge is 0.139 e. The van der Waals surface area contributed by atoms with Gasteiger partial charge in [-0.05, 0) is 44.7 Å². The van der Waals surface area contributed by atoms with Crippen LogP contribution in [-0.4, -0.2) is 29.3 Å². The van der Waals surface area contributed by atoms with E-state index >= 15 is 0 Å². The molecule has 0 spiro atoms. The molecule has 7 heteroatoms. The Morgan fingerprint density at radius 2 is 2.10 bits per heavy atom.